The van der Waals surface area contributed by atoms with E-state index >= 15 is 0 Å². The van der Waals surface area contributed by atoms with E-state index in [9.17, 15) is 10.1 Å². The van der Waals surface area contributed by atoms with Gasteiger partial charge in [-0.1, -0.05) is 24.3 Å². The molecule has 3 aromatic rings. The van der Waals surface area contributed by atoms with E-state index < -0.39 is 0 Å². The van der Waals surface area contributed by atoms with E-state index in [-0.39, 0.29) is 10.6 Å². The summed E-state index contributed by atoms with van der Waals surface area (Å²) in [5.74, 6) is 1.55. The molecule has 0 N–H and O–H groups in total. The van der Waals surface area contributed by atoms with E-state index in [2.05, 4.69) is 41.8 Å². The second-order valence-electron chi connectivity index (χ2n) is 7.63. The summed E-state index contributed by atoms with van der Waals surface area (Å²) in [5, 5.41) is 11.0. The normalized spacial score (nSPS) is 14.9. The number of hydrogen-bond donors (Lipinski definition) is 0. The molecule has 1 aliphatic rings. The molecule has 0 amide bonds. The molecule has 150 valence electrons. The van der Waals surface area contributed by atoms with Crippen molar-refractivity contribution in [1.82, 2.24) is 4.90 Å². The molecular formula is C23H25N3O3. The van der Waals surface area contributed by atoms with Gasteiger partial charge in [-0.2, -0.15) is 0 Å². The first-order chi connectivity index (χ1) is 14.0. The highest BCUT2D eigenvalue weighted by Gasteiger charge is 2.20. The maximum atomic E-state index is 11.0. The summed E-state index contributed by atoms with van der Waals surface area (Å²) in [4.78, 5) is 15.4. The van der Waals surface area contributed by atoms with Gasteiger partial charge in [0.1, 0.15) is 11.5 Å². The summed E-state index contributed by atoms with van der Waals surface area (Å²) >= 11 is 0. The highest BCUT2D eigenvalue weighted by atomic mass is 16.6. The first-order valence-electron chi connectivity index (χ1n) is 9.88. The lowest BCUT2D eigenvalue weighted by Crippen LogP contribution is -2.46. The number of anilines is 1. The molecule has 29 heavy (non-hydrogen) atoms. The van der Waals surface area contributed by atoms with E-state index in [0.29, 0.717) is 5.76 Å². The highest BCUT2D eigenvalue weighted by molar-refractivity contribution is 5.61. The lowest BCUT2D eigenvalue weighted by molar-refractivity contribution is -0.384. The number of nitro groups is 1. The zero-order chi connectivity index (χ0) is 20.4. The Kier molecular flexibility index (Phi) is 5.36. The number of aryl methyl sites for hydroxylation is 2. The number of non-ortho nitro benzene ring substituents is 1. The van der Waals surface area contributed by atoms with Crippen LogP contribution in [0.1, 0.15) is 16.9 Å². The van der Waals surface area contributed by atoms with Gasteiger partial charge >= 0.3 is 0 Å². The SMILES string of the molecule is Cc1ccc(C)c(N2CCN(Cc3ccc(-c4cccc([N+](=O)[O-])c4)o3)CC2)c1. The van der Waals surface area contributed by atoms with E-state index in [1.165, 1.54) is 22.9 Å². The van der Waals surface area contributed by atoms with Gasteiger partial charge in [0.2, 0.25) is 0 Å². The Labute approximate surface area is 170 Å². The van der Waals surface area contributed by atoms with Gasteiger partial charge in [0, 0.05) is 49.6 Å². The van der Waals surface area contributed by atoms with E-state index in [1.54, 1.807) is 12.1 Å². The molecule has 0 radical (unpaired) electrons. The molecule has 0 unspecified atom stereocenters. The first kappa shape index (κ1) is 19.2. The van der Waals surface area contributed by atoms with Crippen LogP contribution in [0.4, 0.5) is 11.4 Å². The molecule has 4 rings (SSSR count). The zero-order valence-electron chi connectivity index (χ0n) is 16.8. The molecule has 0 spiro atoms. The average molecular weight is 391 g/mol. The minimum atomic E-state index is -0.386. The molecule has 1 saturated heterocycles. The second-order valence-corrected chi connectivity index (χ2v) is 7.63. The maximum absolute atomic E-state index is 11.0. The predicted octanol–water partition coefficient (Wildman–Crippen LogP) is 4.79. The quantitative estimate of drug-likeness (QED) is 0.462. The molecule has 1 aromatic heterocycles. The van der Waals surface area contributed by atoms with Crippen LogP contribution in [-0.4, -0.2) is 36.0 Å². The van der Waals surface area contributed by atoms with Crippen LogP contribution in [0, 0.1) is 24.0 Å². The number of hydrogen-bond acceptors (Lipinski definition) is 5. The van der Waals surface area contributed by atoms with Gasteiger partial charge < -0.3 is 9.32 Å². The molecule has 0 atom stereocenters. The van der Waals surface area contributed by atoms with Crippen LogP contribution < -0.4 is 4.90 Å². The largest absolute Gasteiger partial charge is 0.460 e. The number of nitrogens with zero attached hydrogens (tertiary/aromatic N) is 3. The van der Waals surface area contributed by atoms with Gasteiger partial charge in [0.15, 0.2) is 0 Å². The van der Waals surface area contributed by atoms with Crippen molar-refractivity contribution in [2.45, 2.75) is 20.4 Å². The minimum Gasteiger partial charge on any atom is -0.460 e. The fourth-order valence-corrected chi connectivity index (χ4v) is 3.82. The molecule has 0 bridgehead atoms. The Morgan fingerprint density at radius 2 is 1.79 bits per heavy atom. The van der Waals surface area contributed by atoms with Crippen molar-refractivity contribution in [3.8, 4) is 11.3 Å². The van der Waals surface area contributed by atoms with E-state index in [0.717, 1.165) is 44.0 Å². The lowest BCUT2D eigenvalue weighted by atomic mass is 10.1. The monoisotopic (exact) mass is 391 g/mol. The molecule has 1 fully saturated rings. The third-order valence-electron chi connectivity index (χ3n) is 5.46. The fourth-order valence-electron chi connectivity index (χ4n) is 3.82. The molecule has 2 aromatic carbocycles. The van der Waals surface area contributed by atoms with Crippen molar-refractivity contribution in [1.29, 1.82) is 0 Å². The smallest absolute Gasteiger partial charge is 0.270 e. The first-order valence-corrected chi connectivity index (χ1v) is 9.88. The number of benzene rings is 2. The standard InChI is InChI=1S/C23H25N3O3/c1-17-6-7-18(2)22(14-17)25-12-10-24(11-13-25)16-21-8-9-23(29-21)19-4-3-5-20(15-19)26(27)28/h3-9,14-15H,10-13,16H2,1-2H3. The third-order valence-corrected chi connectivity index (χ3v) is 5.46. The summed E-state index contributed by atoms with van der Waals surface area (Å²) in [6.45, 7) is 8.97. The van der Waals surface area contributed by atoms with Gasteiger partial charge in [-0.05, 0) is 43.2 Å². The van der Waals surface area contributed by atoms with Crippen LogP contribution in [0.3, 0.4) is 0 Å². The number of piperazine rings is 1. The number of nitro benzene ring substituents is 1. The van der Waals surface area contributed by atoms with Crippen LogP contribution >= 0.6 is 0 Å². The molecule has 6 nitrogen and oxygen atoms in total. The summed E-state index contributed by atoms with van der Waals surface area (Å²) in [6, 6.07) is 17.0. The van der Waals surface area contributed by atoms with Crippen LogP contribution in [0.2, 0.25) is 0 Å². The molecule has 0 aliphatic carbocycles. The second kappa shape index (κ2) is 8.09. The van der Waals surface area contributed by atoms with Crippen LogP contribution in [-0.2, 0) is 6.54 Å². The van der Waals surface area contributed by atoms with Gasteiger partial charge in [0.05, 0.1) is 11.5 Å². The Morgan fingerprint density at radius 3 is 2.55 bits per heavy atom. The summed E-state index contributed by atoms with van der Waals surface area (Å²) in [7, 11) is 0. The van der Waals surface area contributed by atoms with Crippen molar-refractivity contribution in [2.24, 2.45) is 0 Å². The van der Waals surface area contributed by atoms with Crippen LogP contribution in [0.5, 0.6) is 0 Å². The van der Waals surface area contributed by atoms with Gasteiger partial charge in [-0.25, -0.2) is 0 Å². The number of furan rings is 1. The zero-order valence-corrected chi connectivity index (χ0v) is 16.8. The van der Waals surface area contributed by atoms with Crippen LogP contribution in [0.15, 0.2) is 59.0 Å². The van der Waals surface area contributed by atoms with Gasteiger partial charge in [0.25, 0.3) is 5.69 Å². The summed E-state index contributed by atoms with van der Waals surface area (Å²) in [6.07, 6.45) is 0. The Morgan fingerprint density at radius 1 is 1.00 bits per heavy atom. The maximum Gasteiger partial charge on any atom is 0.270 e. The topological polar surface area (TPSA) is 62.8 Å². The third kappa shape index (κ3) is 4.32. The van der Waals surface area contributed by atoms with Crippen molar-refractivity contribution in [3.05, 3.63) is 81.6 Å². The molecule has 2 heterocycles. The summed E-state index contributed by atoms with van der Waals surface area (Å²) < 4.78 is 5.98. The predicted molar refractivity (Wildman–Crippen MR) is 114 cm³/mol. The Bertz CT molecular complexity index is 1020. The van der Waals surface area contributed by atoms with E-state index in [4.69, 9.17) is 4.42 Å². The van der Waals surface area contributed by atoms with Crippen molar-refractivity contribution >= 4 is 11.4 Å². The van der Waals surface area contributed by atoms with E-state index in [1.807, 2.05) is 18.2 Å². The van der Waals surface area contributed by atoms with Crippen LogP contribution in [0.25, 0.3) is 11.3 Å². The highest BCUT2D eigenvalue weighted by Crippen LogP contribution is 2.27. The molecule has 0 saturated carbocycles. The van der Waals surface area contributed by atoms with Gasteiger partial charge in [-0.3, -0.25) is 15.0 Å². The Balaban J connectivity index is 1.39. The van der Waals surface area contributed by atoms with Crippen molar-refractivity contribution < 1.29 is 9.34 Å². The molecule has 1 aliphatic heterocycles. The molecule has 6 heteroatoms. The van der Waals surface area contributed by atoms with Crippen molar-refractivity contribution in [2.75, 3.05) is 31.1 Å². The van der Waals surface area contributed by atoms with Gasteiger partial charge in [-0.15, -0.1) is 0 Å². The average Bonchev–Trinajstić information content (AvgIpc) is 3.19. The molecular weight excluding hydrogens is 366 g/mol. The number of rotatable bonds is 5. The minimum absolute atomic E-state index is 0.0722. The van der Waals surface area contributed by atoms with Crippen molar-refractivity contribution in [3.63, 3.8) is 0 Å². The Hall–Kier alpha value is -3.12. The fraction of sp³-hybridized carbons (Fsp3) is 0.304. The summed E-state index contributed by atoms with van der Waals surface area (Å²) in [5.41, 5.74) is 4.73. The lowest BCUT2D eigenvalue weighted by Gasteiger charge is -2.36.